The highest BCUT2D eigenvalue weighted by Crippen LogP contribution is 2.45. The molecule has 0 aliphatic carbocycles. The lowest BCUT2D eigenvalue weighted by atomic mass is 9.74. The summed E-state index contributed by atoms with van der Waals surface area (Å²) in [6, 6.07) is 9.99. The standard InChI is InChI=1S/C21H23ClF3N3O2/c1-19(2,14-6-4-7-15(22)18(14)30-3)11-20(29,21(23,24)25)12-26-16-8-5-9-17-13(16)10-27-28-17/h4-10,26,29H,11-12H2,1-3H3,(H,27,28). The third-order valence-corrected chi connectivity index (χ3v) is 5.52. The number of nitrogens with one attached hydrogen (secondary N) is 2. The Kier molecular flexibility index (Phi) is 5.93. The Balaban J connectivity index is 1.92. The van der Waals surface area contributed by atoms with Crippen molar-refractivity contribution < 1.29 is 23.0 Å². The van der Waals surface area contributed by atoms with Gasteiger partial charge in [-0.25, -0.2) is 0 Å². The number of anilines is 1. The molecule has 0 fully saturated rings. The zero-order valence-corrected chi connectivity index (χ0v) is 17.5. The molecule has 0 spiro atoms. The molecule has 3 rings (SSSR count). The Morgan fingerprint density at radius 1 is 1.17 bits per heavy atom. The van der Waals surface area contributed by atoms with Crippen LogP contribution in [0.4, 0.5) is 18.9 Å². The van der Waals surface area contributed by atoms with Crippen LogP contribution in [0.2, 0.25) is 5.02 Å². The van der Waals surface area contributed by atoms with Crippen molar-refractivity contribution in [3.05, 3.63) is 53.2 Å². The fraction of sp³-hybridized carbons (Fsp3) is 0.381. The highest BCUT2D eigenvalue weighted by atomic mass is 35.5. The van der Waals surface area contributed by atoms with Gasteiger partial charge >= 0.3 is 6.18 Å². The highest BCUT2D eigenvalue weighted by molar-refractivity contribution is 6.32. The molecule has 9 heteroatoms. The van der Waals surface area contributed by atoms with Crippen LogP contribution in [0.25, 0.3) is 10.9 Å². The van der Waals surface area contributed by atoms with Gasteiger partial charge in [0, 0.05) is 16.6 Å². The first kappa shape index (κ1) is 22.2. The molecule has 0 saturated carbocycles. The molecule has 5 nitrogen and oxygen atoms in total. The minimum Gasteiger partial charge on any atom is -0.495 e. The summed E-state index contributed by atoms with van der Waals surface area (Å²) in [5.41, 5.74) is -2.49. The van der Waals surface area contributed by atoms with Gasteiger partial charge in [-0.2, -0.15) is 18.3 Å². The van der Waals surface area contributed by atoms with Crippen molar-refractivity contribution in [3.8, 4) is 5.75 Å². The number of halogens is 4. The van der Waals surface area contributed by atoms with Gasteiger partial charge in [-0.05, 0) is 30.0 Å². The third kappa shape index (κ3) is 4.20. The van der Waals surface area contributed by atoms with Crippen LogP contribution in [0.5, 0.6) is 5.75 Å². The molecule has 2 aromatic carbocycles. The fourth-order valence-corrected chi connectivity index (χ4v) is 3.95. The summed E-state index contributed by atoms with van der Waals surface area (Å²) in [5, 5.41) is 21.1. The predicted octanol–water partition coefficient (Wildman–Crippen LogP) is 5.30. The number of hydrogen-bond acceptors (Lipinski definition) is 4. The third-order valence-electron chi connectivity index (χ3n) is 5.22. The zero-order valence-electron chi connectivity index (χ0n) is 16.8. The second-order valence-corrected chi connectivity index (χ2v) is 8.31. The van der Waals surface area contributed by atoms with Crippen LogP contribution in [0.15, 0.2) is 42.6 Å². The molecule has 30 heavy (non-hydrogen) atoms. The molecule has 0 aliphatic rings. The number of aromatic amines is 1. The van der Waals surface area contributed by atoms with E-state index in [2.05, 4.69) is 15.5 Å². The Morgan fingerprint density at radius 3 is 2.53 bits per heavy atom. The van der Waals surface area contributed by atoms with Crippen LogP contribution in [-0.4, -0.2) is 40.7 Å². The molecular formula is C21H23ClF3N3O2. The lowest BCUT2D eigenvalue weighted by molar-refractivity contribution is -0.260. The van der Waals surface area contributed by atoms with Crippen LogP contribution in [0.1, 0.15) is 25.8 Å². The molecular weight excluding hydrogens is 419 g/mol. The Bertz CT molecular complexity index is 1040. The van der Waals surface area contributed by atoms with Crippen LogP contribution < -0.4 is 10.1 Å². The summed E-state index contributed by atoms with van der Waals surface area (Å²) >= 11 is 6.15. The van der Waals surface area contributed by atoms with Crippen molar-refractivity contribution in [2.24, 2.45) is 0 Å². The summed E-state index contributed by atoms with van der Waals surface area (Å²) in [4.78, 5) is 0. The van der Waals surface area contributed by atoms with E-state index >= 15 is 0 Å². The zero-order chi connectivity index (χ0) is 22.2. The number of hydrogen-bond donors (Lipinski definition) is 3. The van der Waals surface area contributed by atoms with E-state index in [1.807, 2.05) is 0 Å². The van der Waals surface area contributed by atoms with Crippen molar-refractivity contribution in [1.29, 1.82) is 0 Å². The lowest BCUT2D eigenvalue weighted by Gasteiger charge is -2.38. The van der Waals surface area contributed by atoms with E-state index in [1.165, 1.54) is 13.3 Å². The van der Waals surface area contributed by atoms with E-state index in [9.17, 15) is 18.3 Å². The summed E-state index contributed by atoms with van der Waals surface area (Å²) in [7, 11) is 1.41. The van der Waals surface area contributed by atoms with E-state index in [1.54, 1.807) is 50.2 Å². The number of para-hydroxylation sites is 1. The maximum absolute atomic E-state index is 14.0. The molecule has 162 valence electrons. The molecule has 3 N–H and O–H groups in total. The van der Waals surface area contributed by atoms with E-state index in [0.717, 1.165) is 0 Å². The van der Waals surface area contributed by atoms with Gasteiger partial charge in [-0.1, -0.05) is 43.6 Å². The molecule has 0 aliphatic heterocycles. The topological polar surface area (TPSA) is 70.2 Å². The number of nitrogens with zero attached hydrogens (tertiary/aromatic N) is 1. The Morgan fingerprint density at radius 2 is 1.87 bits per heavy atom. The average molecular weight is 442 g/mol. The number of aromatic nitrogens is 2. The second-order valence-electron chi connectivity index (χ2n) is 7.90. The summed E-state index contributed by atoms with van der Waals surface area (Å²) < 4.78 is 47.3. The van der Waals surface area contributed by atoms with Gasteiger partial charge in [-0.3, -0.25) is 5.10 Å². The van der Waals surface area contributed by atoms with Crippen molar-refractivity contribution >= 4 is 28.2 Å². The van der Waals surface area contributed by atoms with Crippen LogP contribution in [0.3, 0.4) is 0 Å². The van der Waals surface area contributed by atoms with E-state index in [-0.39, 0.29) is 0 Å². The maximum Gasteiger partial charge on any atom is 0.418 e. The number of alkyl halides is 3. The van der Waals surface area contributed by atoms with Crippen molar-refractivity contribution in [1.82, 2.24) is 10.2 Å². The number of methoxy groups -OCH3 is 1. The van der Waals surface area contributed by atoms with E-state index < -0.39 is 30.2 Å². The van der Waals surface area contributed by atoms with Gasteiger partial charge in [0.1, 0.15) is 5.75 Å². The summed E-state index contributed by atoms with van der Waals surface area (Å²) in [6.45, 7) is 2.51. The minimum atomic E-state index is -4.87. The lowest BCUT2D eigenvalue weighted by Crippen LogP contribution is -2.53. The van der Waals surface area contributed by atoms with Crippen LogP contribution >= 0.6 is 11.6 Å². The van der Waals surface area contributed by atoms with Crippen LogP contribution in [0, 0.1) is 0 Å². The molecule has 0 bridgehead atoms. The van der Waals surface area contributed by atoms with Crippen molar-refractivity contribution in [2.75, 3.05) is 19.0 Å². The quantitative estimate of drug-likeness (QED) is 0.465. The minimum absolute atomic E-state index is 0.295. The molecule has 0 saturated heterocycles. The number of fused-ring (bicyclic) bond motifs is 1. The van der Waals surface area contributed by atoms with Gasteiger partial charge in [0.25, 0.3) is 0 Å². The Labute approximate surface area is 177 Å². The van der Waals surface area contributed by atoms with Gasteiger partial charge in [0.15, 0.2) is 5.60 Å². The van der Waals surface area contributed by atoms with Gasteiger partial charge in [-0.15, -0.1) is 0 Å². The van der Waals surface area contributed by atoms with Gasteiger partial charge in [0.05, 0.1) is 30.4 Å². The molecule has 1 aromatic heterocycles. The monoisotopic (exact) mass is 441 g/mol. The molecule has 1 unspecified atom stereocenters. The van der Waals surface area contributed by atoms with Gasteiger partial charge < -0.3 is 15.2 Å². The first-order valence-corrected chi connectivity index (χ1v) is 9.64. The maximum atomic E-state index is 14.0. The molecule has 1 atom stereocenters. The first-order chi connectivity index (χ1) is 14.0. The highest BCUT2D eigenvalue weighted by Gasteiger charge is 2.56. The predicted molar refractivity (Wildman–Crippen MR) is 111 cm³/mol. The molecule has 3 aromatic rings. The second kappa shape index (κ2) is 8.00. The SMILES string of the molecule is COc1c(Cl)cccc1C(C)(C)CC(O)(CNc1cccc2[nH]ncc12)C(F)(F)F. The largest absolute Gasteiger partial charge is 0.495 e. The normalized spacial score (nSPS) is 14.5. The molecule has 1 heterocycles. The van der Waals surface area contributed by atoms with Crippen molar-refractivity contribution in [3.63, 3.8) is 0 Å². The fourth-order valence-electron chi connectivity index (χ4n) is 3.70. The van der Waals surface area contributed by atoms with Gasteiger partial charge in [0.2, 0.25) is 0 Å². The number of rotatable bonds is 7. The smallest absolute Gasteiger partial charge is 0.418 e. The van der Waals surface area contributed by atoms with E-state index in [0.29, 0.717) is 32.9 Å². The molecule has 0 radical (unpaired) electrons. The number of ether oxygens (including phenoxy) is 1. The molecule has 0 amide bonds. The summed E-state index contributed by atoms with van der Waals surface area (Å²) in [5.74, 6) is 0.296. The average Bonchev–Trinajstić information content (AvgIpc) is 3.14. The summed E-state index contributed by atoms with van der Waals surface area (Å²) in [6.07, 6.45) is -3.95. The number of H-pyrrole nitrogens is 1. The first-order valence-electron chi connectivity index (χ1n) is 9.26. The van der Waals surface area contributed by atoms with E-state index in [4.69, 9.17) is 16.3 Å². The number of benzene rings is 2. The van der Waals surface area contributed by atoms with Crippen molar-refractivity contribution in [2.45, 2.75) is 37.5 Å². The Hall–Kier alpha value is -2.45. The van der Waals surface area contributed by atoms with Crippen LogP contribution in [-0.2, 0) is 5.41 Å². The number of aliphatic hydroxyl groups is 1.